The van der Waals surface area contributed by atoms with Crippen molar-refractivity contribution in [3.05, 3.63) is 35.8 Å². The fraction of sp³-hybridized carbons (Fsp3) is 0.455. The Labute approximate surface area is 74.1 Å². The lowest BCUT2D eigenvalue weighted by Crippen LogP contribution is -1.90. The highest BCUT2D eigenvalue weighted by Crippen LogP contribution is 2.24. The van der Waals surface area contributed by atoms with Gasteiger partial charge in [0.25, 0.3) is 0 Å². The lowest BCUT2D eigenvalue weighted by molar-refractivity contribution is 0.492. The van der Waals surface area contributed by atoms with E-state index in [1.165, 1.54) is 5.56 Å². The van der Waals surface area contributed by atoms with Gasteiger partial charge in [-0.05, 0) is 25.0 Å². The third-order valence-electron chi connectivity index (χ3n) is 2.25. The normalized spacial score (nSPS) is 12.9. The van der Waals surface area contributed by atoms with E-state index in [4.69, 9.17) is 4.42 Å². The largest absolute Gasteiger partial charge is 0.468 e. The maximum atomic E-state index is 5.42. The first-order valence-corrected chi connectivity index (χ1v) is 4.37. The van der Waals surface area contributed by atoms with Gasteiger partial charge in [0.2, 0.25) is 0 Å². The molecule has 0 saturated carbocycles. The van der Waals surface area contributed by atoms with Crippen LogP contribution in [0.3, 0.4) is 0 Å². The van der Waals surface area contributed by atoms with Crippen molar-refractivity contribution < 1.29 is 4.42 Å². The third kappa shape index (κ3) is 1.79. The van der Waals surface area contributed by atoms with Crippen LogP contribution in [-0.4, -0.2) is 0 Å². The van der Waals surface area contributed by atoms with Crippen molar-refractivity contribution in [1.29, 1.82) is 0 Å². The van der Waals surface area contributed by atoms with Gasteiger partial charge in [0.15, 0.2) is 0 Å². The van der Waals surface area contributed by atoms with Crippen molar-refractivity contribution in [2.45, 2.75) is 33.1 Å². The Balaban J connectivity index is 2.81. The predicted molar refractivity (Wildman–Crippen MR) is 51.3 cm³/mol. The molecule has 0 spiro atoms. The molecule has 1 nitrogen and oxygen atoms in total. The molecule has 0 aliphatic carbocycles. The zero-order valence-corrected chi connectivity index (χ0v) is 8.05. The zero-order chi connectivity index (χ0) is 9.14. The van der Waals surface area contributed by atoms with E-state index in [1.54, 1.807) is 0 Å². The van der Waals surface area contributed by atoms with Crippen LogP contribution in [0.2, 0.25) is 0 Å². The van der Waals surface area contributed by atoms with Crippen molar-refractivity contribution in [2.24, 2.45) is 0 Å². The molecule has 0 bridgehead atoms. The highest BCUT2D eigenvalue weighted by Gasteiger charge is 2.09. The van der Waals surface area contributed by atoms with Gasteiger partial charge in [0.05, 0.1) is 6.26 Å². The smallest absolute Gasteiger partial charge is 0.110 e. The van der Waals surface area contributed by atoms with Crippen LogP contribution >= 0.6 is 0 Å². The molecule has 0 aromatic carbocycles. The molecule has 12 heavy (non-hydrogen) atoms. The van der Waals surface area contributed by atoms with Gasteiger partial charge < -0.3 is 4.42 Å². The van der Waals surface area contributed by atoms with E-state index >= 15 is 0 Å². The Morgan fingerprint density at radius 2 is 2.33 bits per heavy atom. The first-order chi connectivity index (χ1) is 5.65. The second-order valence-electron chi connectivity index (χ2n) is 3.28. The van der Waals surface area contributed by atoms with Crippen LogP contribution in [-0.2, 0) is 6.42 Å². The second kappa shape index (κ2) is 3.61. The summed E-state index contributed by atoms with van der Waals surface area (Å²) in [6.45, 7) is 10.2. The molecular formula is C11H16O. The van der Waals surface area contributed by atoms with Crippen LogP contribution in [0.25, 0.3) is 0 Å². The van der Waals surface area contributed by atoms with E-state index in [2.05, 4.69) is 26.5 Å². The minimum Gasteiger partial charge on any atom is -0.468 e. The molecule has 1 aromatic heterocycles. The van der Waals surface area contributed by atoms with Crippen LogP contribution in [0.1, 0.15) is 38.0 Å². The number of rotatable bonds is 3. The molecule has 0 radical (unpaired) electrons. The molecular weight excluding hydrogens is 148 g/mol. The Morgan fingerprint density at radius 1 is 1.67 bits per heavy atom. The minimum atomic E-state index is 0.338. The quantitative estimate of drug-likeness (QED) is 0.623. The lowest BCUT2D eigenvalue weighted by atomic mass is 10.0. The van der Waals surface area contributed by atoms with Crippen molar-refractivity contribution in [2.75, 3.05) is 0 Å². The summed E-state index contributed by atoms with van der Waals surface area (Å²) >= 11 is 0. The SMILES string of the molecule is C=C(C)[C@@H](C)c1cc(CC)co1. The van der Waals surface area contributed by atoms with Crippen molar-refractivity contribution in [3.8, 4) is 0 Å². The van der Waals surface area contributed by atoms with Crippen LogP contribution < -0.4 is 0 Å². The Morgan fingerprint density at radius 3 is 2.75 bits per heavy atom. The van der Waals surface area contributed by atoms with Gasteiger partial charge in [-0.25, -0.2) is 0 Å². The molecule has 0 aliphatic heterocycles. The van der Waals surface area contributed by atoms with Gasteiger partial charge in [0, 0.05) is 5.92 Å². The van der Waals surface area contributed by atoms with E-state index in [-0.39, 0.29) is 0 Å². The molecule has 0 unspecified atom stereocenters. The first kappa shape index (κ1) is 9.11. The summed E-state index contributed by atoms with van der Waals surface area (Å²) in [4.78, 5) is 0. The van der Waals surface area contributed by atoms with Gasteiger partial charge in [0.1, 0.15) is 5.76 Å². The van der Waals surface area contributed by atoms with Gasteiger partial charge in [-0.2, -0.15) is 0 Å². The molecule has 1 heterocycles. The Kier molecular flexibility index (Phi) is 2.74. The van der Waals surface area contributed by atoms with Crippen LogP contribution in [0.4, 0.5) is 0 Å². The fourth-order valence-corrected chi connectivity index (χ4v) is 1.05. The summed E-state index contributed by atoms with van der Waals surface area (Å²) < 4.78 is 5.42. The van der Waals surface area contributed by atoms with E-state index < -0.39 is 0 Å². The first-order valence-electron chi connectivity index (χ1n) is 4.37. The monoisotopic (exact) mass is 164 g/mol. The molecule has 66 valence electrons. The summed E-state index contributed by atoms with van der Waals surface area (Å²) in [7, 11) is 0. The molecule has 0 N–H and O–H groups in total. The maximum Gasteiger partial charge on any atom is 0.110 e. The number of allylic oxidation sites excluding steroid dienone is 1. The molecule has 1 rings (SSSR count). The highest BCUT2D eigenvalue weighted by atomic mass is 16.3. The van der Waals surface area contributed by atoms with Crippen molar-refractivity contribution >= 4 is 0 Å². The molecule has 1 heteroatoms. The third-order valence-corrected chi connectivity index (χ3v) is 2.25. The average Bonchev–Trinajstić information content (AvgIpc) is 2.50. The van der Waals surface area contributed by atoms with Crippen LogP contribution in [0.15, 0.2) is 28.9 Å². The summed E-state index contributed by atoms with van der Waals surface area (Å²) in [5.41, 5.74) is 2.41. The number of aryl methyl sites for hydroxylation is 1. The van der Waals surface area contributed by atoms with E-state index in [0.717, 1.165) is 17.8 Å². The summed E-state index contributed by atoms with van der Waals surface area (Å²) in [5.74, 6) is 1.37. The molecule has 0 saturated heterocycles. The molecule has 1 aromatic rings. The molecule has 1 atom stereocenters. The predicted octanol–water partition coefficient (Wildman–Crippen LogP) is 3.52. The standard InChI is InChI=1S/C11H16O/c1-5-10-6-11(12-7-10)9(4)8(2)3/h6-7,9H,2,5H2,1,3-4H3/t9-/m1/s1. The lowest BCUT2D eigenvalue weighted by Gasteiger charge is -2.05. The second-order valence-corrected chi connectivity index (χ2v) is 3.28. The Hall–Kier alpha value is -0.980. The summed E-state index contributed by atoms with van der Waals surface area (Å²) in [6, 6.07) is 2.11. The van der Waals surface area contributed by atoms with Gasteiger partial charge in [-0.1, -0.05) is 26.0 Å². The fourth-order valence-electron chi connectivity index (χ4n) is 1.05. The van der Waals surface area contributed by atoms with Crippen LogP contribution in [0.5, 0.6) is 0 Å². The van der Waals surface area contributed by atoms with Crippen LogP contribution in [0, 0.1) is 0 Å². The summed E-state index contributed by atoms with van der Waals surface area (Å²) in [6.07, 6.45) is 2.86. The van der Waals surface area contributed by atoms with E-state index in [9.17, 15) is 0 Å². The number of hydrogen-bond donors (Lipinski definition) is 0. The molecule has 0 fully saturated rings. The zero-order valence-electron chi connectivity index (χ0n) is 8.05. The highest BCUT2D eigenvalue weighted by molar-refractivity contribution is 5.21. The summed E-state index contributed by atoms with van der Waals surface area (Å²) in [5, 5.41) is 0. The number of furan rings is 1. The van der Waals surface area contributed by atoms with Gasteiger partial charge in [-0.3, -0.25) is 0 Å². The number of hydrogen-bond acceptors (Lipinski definition) is 1. The van der Waals surface area contributed by atoms with Crippen molar-refractivity contribution in [3.63, 3.8) is 0 Å². The Bertz CT molecular complexity index is 270. The van der Waals surface area contributed by atoms with E-state index in [1.807, 2.05) is 13.2 Å². The van der Waals surface area contributed by atoms with E-state index in [0.29, 0.717) is 5.92 Å². The molecule has 0 amide bonds. The van der Waals surface area contributed by atoms with Gasteiger partial charge in [-0.15, -0.1) is 0 Å². The maximum absolute atomic E-state index is 5.42. The van der Waals surface area contributed by atoms with Crippen molar-refractivity contribution in [1.82, 2.24) is 0 Å². The topological polar surface area (TPSA) is 13.1 Å². The minimum absolute atomic E-state index is 0.338. The average molecular weight is 164 g/mol. The van der Waals surface area contributed by atoms with Gasteiger partial charge >= 0.3 is 0 Å². The molecule has 0 aliphatic rings.